The lowest BCUT2D eigenvalue weighted by Gasteiger charge is -2.30. The lowest BCUT2D eigenvalue weighted by atomic mass is 9.87. The summed E-state index contributed by atoms with van der Waals surface area (Å²) in [7, 11) is 0. The van der Waals surface area contributed by atoms with E-state index < -0.39 is 29.7 Å². The molecule has 10 nitrogen and oxygen atoms in total. The zero-order chi connectivity index (χ0) is 28.7. The minimum Gasteiger partial charge on any atom is -0.508 e. The number of hydrogen-bond donors (Lipinski definition) is 4. The van der Waals surface area contributed by atoms with Crippen LogP contribution in [0.1, 0.15) is 31.4 Å². The fourth-order valence-electron chi connectivity index (χ4n) is 4.70. The minimum atomic E-state index is -1.71. The van der Waals surface area contributed by atoms with Crippen LogP contribution in [0, 0.1) is 6.92 Å². The number of benzene rings is 3. The first-order valence-electron chi connectivity index (χ1n) is 13.1. The van der Waals surface area contributed by atoms with E-state index in [9.17, 15) is 19.5 Å². The van der Waals surface area contributed by atoms with Crippen molar-refractivity contribution in [3.05, 3.63) is 83.9 Å². The van der Waals surface area contributed by atoms with Crippen LogP contribution in [0.5, 0.6) is 5.75 Å². The minimum absolute atomic E-state index is 0.0533. The average Bonchev–Trinajstić information content (AvgIpc) is 3.14. The summed E-state index contributed by atoms with van der Waals surface area (Å²) in [4.78, 5) is 42.4. The van der Waals surface area contributed by atoms with Gasteiger partial charge in [0.2, 0.25) is 5.91 Å². The molecule has 0 spiro atoms. The second kappa shape index (κ2) is 12.6. The maximum absolute atomic E-state index is 14.3. The summed E-state index contributed by atoms with van der Waals surface area (Å²) in [5.41, 5.74) is 1.31. The number of aromatic hydroxyl groups is 1. The predicted octanol–water partition coefficient (Wildman–Crippen LogP) is 4.49. The average molecular weight is 547 g/mol. The number of carbonyl (C=O) groups is 3. The zero-order valence-electron chi connectivity index (χ0n) is 22.8. The number of urea groups is 1. The van der Waals surface area contributed by atoms with Crippen LogP contribution in [-0.2, 0) is 24.6 Å². The highest BCUT2D eigenvalue weighted by atomic mass is 16.7. The molecular weight excluding hydrogens is 512 g/mol. The Morgan fingerprint density at radius 3 is 2.15 bits per heavy atom. The van der Waals surface area contributed by atoms with Crippen LogP contribution >= 0.6 is 0 Å². The molecular formula is C30H34N4O6. The van der Waals surface area contributed by atoms with Crippen molar-refractivity contribution >= 4 is 34.9 Å². The van der Waals surface area contributed by atoms with Gasteiger partial charge in [-0.3, -0.25) is 9.59 Å². The quantitative estimate of drug-likeness (QED) is 0.207. The Bertz CT molecular complexity index is 1280. The fourth-order valence-corrected chi connectivity index (χ4v) is 4.70. The van der Waals surface area contributed by atoms with Crippen molar-refractivity contribution in [1.29, 1.82) is 0 Å². The summed E-state index contributed by atoms with van der Waals surface area (Å²) >= 11 is 0. The molecule has 1 atom stereocenters. The monoisotopic (exact) mass is 546 g/mol. The topological polar surface area (TPSA) is 129 Å². The van der Waals surface area contributed by atoms with E-state index >= 15 is 0 Å². The van der Waals surface area contributed by atoms with Gasteiger partial charge in [0, 0.05) is 30.2 Å². The molecule has 0 bridgehead atoms. The summed E-state index contributed by atoms with van der Waals surface area (Å²) in [6.45, 7) is 6.44. The summed E-state index contributed by atoms with van der Waals surface area (Å²) < 4.78 is 11.4. The number of aryl methyl sites for hydroxylation is 1. The van der Waals surface area contributed by atoms with Crippen molar-refractivity contribution in [1.82, 2.24) is 5.32 Å². The third-order valence-electron chi connectivity index (χ3n) is 6.51. The molecule has 4 N–H and O–H groups in total. The molecule has 0 fully saturated rings. The molecule has 0 saturated heterocycles. The molecule has 10 heteroatoms. The number of carbonyl (C=O) groups excluding carboxylic acids is 3. The molecule has 4 rings (SSSR count). The van der Waals surface area contributed by atoms with E-state index in [-0.39, 0.29) is 18.7 Å². The van der Waals surface area contributed by atoms with E-state index in [0.29, 0.717) is 35.8 Å². The van der Waals surface area contributed by atoms with Crippen molar-refractivity contribution < 1.29 is 29.0 Å². The van der Waals surface area contributed by atoms with Crippen molar-refractivity contribution in [3.63, 3.8) is 0 Å². The number of anilines is 3. The van der Waals surface area contributed by atoms with Crippen LogP contribution in [0.4, 0.5) is 21.9 Å². The number of rotatable bonds is 11. The fraction of sp³-hybridized carbons (Fsp3) is 0.300. The standard InChI is InChI=1S/C30H34N4O6/c1-4-39-27(40-5-2)19-34-25-9-7-6-8-24(25)30(28(34)37,18-26(36)31-21-14-16-23(35)17-15-21)33-29(38)32-22-12-10-20(3)11-13-22/h6-17,27,35H,4-5,18-19H2,1-3H3,(H,31,36)(H2,32,33,38)/t30-/m0/s1. The summed E-state index contributed by atoms with van der Waals surface area (Å²) in [5, 5.41) is 17.9. The molecule has 1 heterocycles. The molecule has 0 saturated carbocycles. The number of ether oxygens (including phenoxy) is 2. The third kappa shape index (κ3) is 6.41. The lowest BCUT2D eigenvalue weighted by Crippen LogP contribution is -2.56. The number of hydrogen-bond acceptors (Lipinski definition) is 6. The molecule has 40 heavy (non-hydrogen) atoms. The molecule has 3 aromatic carbocycles. The molecule has 0 aliphatic carbocycles. The van der Waals surface area contributed by atoms with Gasteiger partial charge in [0.1, 0.15) is 5.75 Å². The normalized spacial score (nSPS) is 16.1. The van der Waals surface area contributed by atoms with Crippen LogP contribution in [0.3, 0.4) is 0 Å². The molecule has 1 aliphatic rings. The highest BCUT2D eigenvalue weighted by Gasteiger charge is 2.53. The predicted molar refractivity (Wildman–Crippen MR) is 152 cm³/mol. The Labute approximate surface area is 233 Å². The van der Waals surface area contributed by atoms with E-state index in [2.05, 4.69) is 16.0 Å². The van der Waals surface area contributed by atoms with E-state index in [4.69, 9.17) is 9.47 Å². The third-order valence-corrected chi connectivity index (χ3v) is 6.51. The van der Waals surface area contributed by atoms with E-state index in [0.717, 1.165) is 5.56 Å². The molecule has 0 aromatic heterocycles. The van der Waals surface area contributed by atoms with Crippen molar-refractivity contribution in [3.8, 4) is 5.75 Å². The van der Waals surface area contributed by atoms with Crippen molar-refractivity contribution in [2.24, 2.45) is 0 Å². The van der Waals surface area contributed by atoms with Gasteiger partial charge in [-0.2, -0.15) is 0 Å². The smallest absolute Gasteiger partial charge is 0.320 e. The van der Waals surface area contributed by atoms with Crippen LogP contribution in [0.15, 0.2) is 72.8 Å². The van der Waals surface area contributed by atoms with Gasteiger partial charge in [0.25, 0.3) is 5.91 Å². The first-order valence-corrected chi connectivity index (χ1v) is 13.1. The highest BCUT2D eigenvalue weighted by Crippen LogP contribution is 2.43. The molecule has 210 valence electrons. The van der Waals surface area contributed by atoms with E-state index in [1.807, 2.05) is 32.9 Å². The summed E-state index contributed by atoms with van der Waals surface area (Å²) in [6.07, 6.45) is -1.08. The molecule has 0 radical (unpaired) electrons. The van der Waals surface area contributed by atoms with Gasteiger partial charge in [-0.05, 0) is 63.2 Å². The molecule has 1 aliphatic heterocycles. The SMILES string of the molecule is CCOC(CN1C(=O)[C@@](CC(=O)Nc2ccc(O)cc2)(NC(=O)Nc2ccc(C)cc2)c2ccccc21)OCC. The van der Waals surface area contributed by atoms with Gasteiger partial charge in [-0.15, -0.1) is 0 Å². The zero-order valence-corrected chi connectivity index (χ0v) is 22.8. The van der Waals surface area contributed by atoms with Crippen molar-refractivity contribution in [2.45, 2.75) is 39.0 Å². The number of phenols is 1. The highest BCUT2D eigenvalue weighted by molar-refractivity contribution is 6.12. The number of phenolic OH excluding ortho intramolecular Hbond substituents is 1. The van der Waals surface area contributed by atoms with Crippen molar-refractivity contribution in [2.75, 3.05) is 35.3 Å². The van der Waals surface area contributed by atoms with E-state index in [1.165, 1.54) is 17.0 Å². The molecule has 4 amide bonds. The summed E-state index contributed by atoms with van der Waals surface area (Å²) in [5.74, 6) is -0.937. The largest absolute Gasteiger partial charge is 0.508 e. The number of nitrogens with zero attached hydrogens (tertiary/aromatic N) is 1. The van der Waals surface area contributed by atoms with Gasteiger partial charge >= 0.3 is 6.03 Å². The second-order valence-corrected chi connectivity index (χ2v) is 9.40. The van der Waals surface area contributed by atoms with Crippen LogP contribution in [0.2, 0.25) is 0 Å². The second-order valence-electron chi connectivity index (χ2n) is 9.40. The number of fused-ring (bicyclic) bond motifs is 1. The Morgan fingerprint density at radius 2 is 1.50 bits per heavy atom. The van der Waals surface area contributed by atoms with Crippen LogP contribution < -0.4 is 20.9 Å². The van der Waals surface area contributed by atoms with Gasteiger partial charge in [0.05, 0.1) is 18.7 Å². The first kappa shape index (κ1) is 28.6. The number of nitrogens with one attached hydrogen (secondary N) is 3. The van der Waals surface area contributed by atoms with Crippen LogP contribution in [0.25, 0.3) is 0 Å². The molecule has 3 aromatic rings. The lowest BCUT2D eigenvalue weighted by molar-refractivity contribution is -0.138. The van der Waals surface area contributed by atoms with Crippen LogP contribution in [-0.4, -0.2) is 49.0 Å². The summed E-state index contributed by atoms with van der Waals surface area (Å²) in [6, 6.07) is 19.6. The van der Waals surface area contributed by atoms with Gasteiger partial charge in [-0.1, -0.05) is 35.9 Å². The molecule has 0 unspecified atom stereocenters. The Balaban J connectivity index is 1.69. The number of para-hydroxylation sites is 1. The Kier molecular flexibility index (Phi) is 9.03. The first-order chi connectivity index (χ1) is 19.3. The van der Waals surface area contributed by atoms with E-state index in [1.54, 1.807) is 48.5 Å². The number of amides is 4. The van der Waals surface area contributed by atoms with Gasteiger partial charge in [0.15, 0.2) is 11.8 Å². The maximum atomic E-state index is 14.3. The maximum Gasteiger partial charge on any atom is 0.320 e. The Morgan fingerprint density at radius 1 is 0.900 bits per heavy atom. The Hall–Kier alpha value is -4.41. The van der Waals surface area contributed by atoms with Gasteiger partial charge < -0.3 is 35.4 Å². The van der Waals surface area contributed by atoms with Gasteiger partial charge in [-0.25, -0.2) is 4.79 Å².